The molecule has 0 saturated carbocycles. The van der Waals surface area contributed by atoms with Crippen molar-refractivity contribution in [1.29, 1.82) is 0 Å². The molecule has 2 nitrogen and oxygen atoms in total. The Morgan fingerprint density at radius 1 is 0.767 bits per heavy atom. The van der Waals surface area contributed by atoms with Crippen molar-refractivity contribution < 1.29 is 13.6 Å². The molecular weight excluding hydrogens is 391 g/mol. The second-order valence-electron chi connectivity index (χ2n) is 9.72. The lowest BCUT2D eigenvalue weighted by Crippen LogP contribution is -2.16. The molecule has 0 aromatic carbocycles. The van der Waals surface area contributed by atoms with Crippen LogP contribution in [-0.4, -0.2) is 20.5 Å². The van der Waals surface area contributed by atoms with Gasteiger partial charge in [0.2, 0.25) is 8.41 Å². The molecule has 0 bridgehead atoms. The number of hydrogen-bond donors (Lipinski definition) is 0. The summed E-state index contributed by atoms with van der Waals surface area (Å²) in [6.07, 6.45) is 24.7. The fourth-order valence-electron chi connectivity index (χ4n) is 3.93. The highest BCUT2D eigenvalue weighted by Crippen LogP contribution is 2.18. The molecule has 178 valence electrons. The predicted molar refractivity (Wildman–Crippen MR) is 132 cm³/mol. The fourth-order valence-corrected chi connectivity index (χ4v) is 5.02. The monoisotopic (exact) mass is 442 g/mol. The van der Waals surface area contributed by atoms with Crippen LogP contribution in [0.2, 0.25) is 19.1 Å². The quantitative estimate of drug-likeness (QED) is 0.0549. The molecule has 0 aliphatic carbocycles. The summed E-state index contributed by atoms with van der Waals surface area (Å²) in [5.41, 5.74) is 0. The summed E-state index contributed by atoms with van der Waals surface area (Å²) in [6.45, 7) is 9.03. The van der Waals surface area contributed by atoms with E-state index in [9.17, 15) is 8.90 Å². The number of esters is 1. The van der Waals surface area contributed by atoms with E-state index in [4.69, 9.17) is 4.74 Å². The van der Waals surface area contributed by atoms with Crippen molar-refractivity contribution in [2.24, 2.45) is 0 Å². The van der Waals surface area contributed by atoms with Crippen LogP contribution in [0.25, 0.3) is 0 Å². The molecule has 0 N–H and O–H groups in total. The largest absolute Gasteiger partial charge is 0.460 e. The van der Waals surface area contributed by atoms with Crippen LogP contribution in [0.4, 0.5) is 4.11 Å². The van der Waals surface area contributed by atoms with Gasteiger partial charge in [0.25, 0.3) is 0 Å². The minimum absolute atomic E-state index is 0.0110. The number of carbonyl (C=O) groups is 1. The van der Waals surface area contributed by atoms with Gasteiger partial charge in [0.15, 0.2) is 0 Å². The van der Waals surface area contributed by atoms with E-state index >= 15 is 0 Å². The number of ether oxygens (including phenoxy) is 1. The summed E-state index contributed by atoms with van der Waals surface area (Å²) in [6, 6.07) is 0.849. The lowest BCUT2D eigenvalue weighted by atomic mass is 10.0. The molecule has 0 aromatic heterocycles. The van der Waals surface area contributed by atoms with Gasteiger partial charge in [0.05, 0.1) is 6.10 Å². The third kappa shape index (κ3) is 23.6. The molecule has 0 aliphatic rings. The van der Waals surface area contributed by atoms with Crippen molar-refractivity contribution in [3.63, 3.8) is 0 Å². The highest BCUT2D eigenvalue weighted by molar-refractivity contribution is 6.70. The average molecular weight is 443 g/mol. The Bertz CT molecular complexity index is 406. The molecule has 4 heteroatoms. The number of hydrogen-bond acceptors (Lipinski definition) is 2. The summed E-state index contributed by atoms with van der Waals surface area (Å²) in [5, 5.41) is 0. The molecule has 0 fully saturated rings. The minimum Gasteiger partial charge on any atom is -0.460 e. The van der Waals surface area contributed by atoms with Crippen LogP contribution < -0.4 is 0 Å². The average Bonchev–Trinajstić information content (AvgIpc) is 2.68. The molecule has 30 heavy (non-hydrogen) atoms. The van der Waals surface area contributed by atoms with Crippen molar-refractivity contribution >= 4 is 14.4 Å². The van der Waals surface area contributed by atoms with Gasteiger partial charge in [-0.15, -0.1) is 0 Å². The van der Waals surface area contributed by atoms with E-state index < -0.39 is 8.41 Å². The zero-order valence-corrected chi connectivity index (χ0v) is 21.5. The van der Waals surface area contributed by atoms with E-state index in [0.29, 0.717) is 0 Å². The molecule has 0 radical (unpaired) electrons. The van der Waals surface area contributed by atoms with Gasteiger partial charge >= 0.3 is 5.97 Å². The van der Waals surface area contributed by atoms with Crippen LogP contribution in [0, 0.1) is 0 Å². The Morgan fingerprint density at radius 3 is 1.43 bits per heavy atom. The molecular formula is C26H51FO2Si. The molecule has 0 heterocycles. The zero-order chi connectivity index (χ0) is 22.5. The summed E-state index contributed by atoms with van der Waals surface area (Å²) in [4.78, 5) is 11.1. The normalized spacial score (nSPS) is 12.7. The second-order valence-corrected chi connectivity index (χ2v) is 13.7. The van der Waals surface area contributed by atoms with E-state index in [1.807, 2.05) is 20.0 Å². The molecule has 0 spiro atoms. The van der Waals surface area contributed by atoms with Crippen LogP contribution in [0.15, 0.2) is 12.7 Å². The van der Waals surface area contributed by atoms with Crippen LogP contribution >= 0.6 is 0 Å². The Balaban J connectivity index is 3.15. The SMILES string of the molecule is C=CC(=O)OC(C)CCCCCCCCCCCCCCCCCCC[Si](C)(C)F. The first kappa shape index (κ1) is 29.4. The van der Waals surface area contributed by atoms with Gasteiger partial charge < -0.3 is 8.84 Å². The summed E-state index contributed by atoms with van der Waals surface area (Å²) in [7, 11) is -2.29. The van der Waals surface area contributed by atoms with Gasteiger partial charge in [-0.1, -0.05) is 109 Å². The predicted octanol–water partition coefficient (Wildman–Crippen LogP) is 9.30. The first-order chi connectivity index (χ1) is 14.3. The third-order valence-electron chi connectivity index (χ3n) is 5.87. The molecule has 0 rings (SSSR count). The van der Waals surface area contributed by atoms with Crippen molar-refractivity contribution in [1.82, 2.24) is 0 Å². The smallest absolute Gasteiger partial charge is 0.330 e. The Kier molecular flexibility index (Phi) is 19.8. The van der Waals surface area contributed by atoms with E-state index in [2.05, 4.69) is 6.58 Å². The van der Waals surface area contributed by atoms with Crippen LogP contribution in [0.3, 0.4) is 0 Å². The summed E-state index contributed by atoms with van der Waals surface area (Å²) in [5.74, 6) is -0.311. The first-order valence-electron chi connectivity index (χ1n) is 12.9. The molecule has 0 aliphatic heterocycles. The topological polar surface area (TPSA) is 26.3 Å². The maximum Gasteiger partial charge on any atom is 0.330 e. The summed E-state index contributed by atoms with van der Waals surface area (Å²) < 4.78 is 18.7. The Labute approximate surface area is 188 Å². The zero-order valence-electron chi connectivity index (χ0n) is 20.5. The standard InChI is InChI=1S/C26H51FO2Si/c1-5-26(28)29-25(2)23-21-19-17-15-13-11-9-7-6-8-10-12-14-16-18-20-22-24-30(3,4)27/h5,25H,1,6-24H2,2-4H3. The van der Waals surface area contributed by atoms with Gasteiger partial charge in [0.1, 0.15) is 0 Å². The lowest BCUT2D eigenvalue weighted by molar-refractivity contribution is -0.142. The van der Waals surface area contributed by atoms with Crippen molar-refractivity contribution in [3.8, 4) is 0 Å². The molecule has 0 saturated heterocycles. The van der Waals surface area contributed by atoms with Crippen molar-refractivity contribution in [3.05, 3.63) is 12.7 Å². The van der Waals surface area contributed by atoms with Gasteiger partial charge in [-0.2, -0.15) is 0 Å². The van der Waals surface area contributed by atoms with Crippen LogP contribution in [0.5, 0.6) is 0 Å². The van der Waals surface area contributed by atoms with Gasteiger partial charge in [-0.05, 0) is 38.9 Å². The van der Waals surface area contributed by atoms with Gasteiger partial charge in [0, 0.05) is 6.08 Å². The van der Waals surface area contributed by atoms with Crippen LogP contribution in [-0.2, 0) is 9.53 Å². The first-order valence-corrected chi connectivity index (χ1v) is 16.0. The van der Waals surface area contributed by atoms with Crippen molar-refractivity contribution in [2.45, 2.75) is 148 Å². The maximum atomic E-state index is 13.5. The number of halogens is 1. The molecule has 0 aromatic rings. The van der Waals surface area contributed by atoms with E-state index in [-0.39, 0.29) is 12.1 Å². The Hall–Kier alpha value is -0.643. The molecule has 0 amide bonds. The molecule has 1 atom stereocenters. The number of rotatable bonds is 22. The number of unbranched alkanes of at least 4 members (excludes halogenated alkanes) is 16. The minimum atomic E-state index is -2.29. The van der Waals surface area contributed by atoms with E-state index in [1.165, 1.54) is 102 Å². The van der Waals surface area contributed by atoms with Crippen LogP contribution in [0.1, 0.15) is 122 Å². The number of carbonyl (C=O) groups excluding carboxylic acids is 1. The van der Waals surface area contributed by atoms with E-state index in [1.54, 1.807) is 0 Å². The Morgan fingerprint density at radius 2 is 1.10 bits per heavy atom. The third-order valence-corrected chi connectivity index (χ3v) is 7.41. The van der Waals surface area contributed by atoms with Gasteiger partial charge in [-0.25, -0.2) is 4.79 Å². The lowest BCUT2D eigenvalue weighted by Gasteiger charge is -2.11. The summed E-state index contributed by atoms with van der Waals surface area (Å²) >= 11 is 0. The van der Waals surface area contributed by atoms with E-state index in [0.717, 1.165) is 25.3 Å². The van der Waals surface area contributed by atoms with Gasteiger partial charge in [-0.3, -0.25) is 0 Å². The second kappa shape index (κ2) is 20.3. The molecule has 1 unspecified atom stereocenters. The highest BCUT2D eigenvalue weighted by Gasteiger charge is 2.18. The maximum absolute atomic E-state index is 13.5. The highest BCUT2D eigenvalue weighted by atomic mass is 28.4. The fraction of sp³-hybridized carbons (Fsp3) is 0.885. The van der Waals surface area contributed by atoms with Crippen molar-refractivity contribution in [2.75, 3.05) is 0 Å².